The SMILES string of the molecule is N#Cc1c(F)cccc1Oc1ccc2c(c1)C1=NCCN1C=N2. The lowest BCUT2D eigenvalue weighted by molar-refractivity contribution is 0.474. The van der Waals surface area contributed by atoms with E-state index < -0.39 is 5.82 Å². The number of hydrogen-bond donors (Lipinski definition) is 0. The molecule has 0 unspecified atom stereocenters. The van der Waals surface area contributed by atoms with E-state index in [-0.39, 0.29) is 11.3 Å². The summed E-state index contributed by atoms with van der Waals surface area (Å²) in [6.07, 6.45) is 1.77. The normalized spacial score (nSPS) is 14.8. The van der Waals surface area contributed by atoms with Gasteiger partial charge in [0.2, 0.25) is 0 Å². The van der Waals surface area contributed by atoms with Crippen LogP contribution in [0.4, 0.5) is 10.1 Å². The number of halogens is 1. The molecule has 0 saturated carbocycles. The van der Waals surface area contributed by atoms with Crippen LogP contribution in [0.2, 0.25) is 0 Å². The number of hydrogen-bond acceptors (Lipinski definition) is 5. The zero-order valence-corrected chi connectivity index (χ0v) is 12.0. The van der Waals surface area contributed by atoms with Gasteiger partial charge in [0.15, 0.2) is 0 Å². The minimum atomic E-state index is -0.598. The first-order chi connectivity index (χ1) is 11.3. The number of fused-ring (bicyclic) bond motifs is 3. The van der Waals surface area contributed by atoms with Crippen molar-refractivity contribution >= 4 is 17.9 Å². The Balaban J connectivity index is 1.73. The summed E-state index contributed by atoms with van der Waals surface area (Å²) >= 11 is 0. The number of ether oxygens (including phenoxy) is 1. The van der Waals surface area contributed by atoms with Crippen LogP contribution in [0.3, 0.4) is 0 Å². The summed E-state index contributed by atoms with van der Waals surface area (Å²) in [6.45, 7) is 1.54. The molecule has 2 aromatic carbocycles. The molecule has 0 N–H and O–H groups in total. The lowest BCUT2D eigenvalue weighted by Gasteiger charge is -2.21. The van der Waals surface area contributed by atoms with Crippen LogP contribution in [0.25, 0.3) is 0 Å². The minimum Gasteiger partial charge on any atom is -0.456 e. The predicted octanol–water partition coefficient (Wildman–Crippen LogP) is 3.23. The van der Waals surface area contributed by atoms with E-state index in [0.29, 0.717) is 5.75 Å². The van der Waals surface area contributed by atoms with E-state index in [1.165, 1.54) is 12.1 Å². The number of aliphatic imine (C=N–C) groups is 2. The standard InChI is InChI=1S/C17H11FN4O/c18-14-2-1-3-16(13(14)9-19)23-11-4-5-15-12(8-11)17-20-6-7-22(17)10-21-15/h1-5,8,10H,6-7H2. The quantitative estimate of drug-likeness (QED) is 0.856. The maximum Gasteiger partial charge on any atom is 0.148 e. The fourth-order valence-corrected chi connectivity index (χ4v) is 2.64. The summed E-state index contributed by atoms with van der Waals surface area (Å²) in [5, 5.41) is 9.08. The van der Waals surface area contributed by atoms with E-state index in [1.54, 1.807) is 18.5 Å². The van der Waals surface area contributed by atoms with Gasteiger partial charge in [0.1, 0.15) is 34.8 Å². The van der Waals surface area contributed by atoms with Crippen LogP contribution in [-0.2, 0) is 0 Å². The predicted molar refractivity (Wildman–Crippen MR) is 83.9 cm³/mol. The summed E-state index contributed by atoms with van der Waals surface area (Å²) in [5.74, 6) is 0.966. The average Bonchev–Trinajstić information content (AvgIpc) is 3.04. The Morgan fingerprint density at radius 2 is 2.17 bits per heavy atom. The molecule has 0 spiro atoms. The molecular formula is C17H11FN4O. The van der Waals surface area contributed by atoms with Crippen molar-refractivity contribution in [3.63, 3.8) is 0 Å². The lowest BCUT2D eigenvalue weighted by Crippen LogP contribution is -2.29. The fourth-order valence-electron chi connectivity index (χ4n) is 2.64. The highest BCUT2D eigenvalue weighted by Gasteiger charge is 2.24. The van der Waals surface area contributed by atoms with Crippen molar-refractivity contribution in [1.29, 1.82) is 5.26 Å². The van der Waals surface area contributed by atoms with Crippen molar-refractivity contribution in [2.75, 3.05) is 13.1 Å². The molecule has 0 aromatic heterocycles. The van der Waals surface area contributed by atoms with E-state index in [0.717, 1.165) is 30.2 Å². The molecule has 0 fully saturated rings. The molecule has 0 amide bonds. The van der Waals surface area contributed by atoms with Crippen molar-refractivity contribution in [3.05, 3.63) is 53.3 Å². The van der Waals surface area contributed by atoms with E-state index in [4.69, 9.17) is 10.00 Å². The number of nitrogens with zero attached hydrogens (tertiary/aromatic N) is 4. The van der Waals surface area contributed by atoms with Crippen molar-refractivity contribution in [2.24, 2.45) is 9.98 Å². The first-order valence-electron chi connectivity index (χ1n) is 7.12. The van der Waals surface area contributed by atoms with Crippen LogP contribution >= 0.6 is 0 Å². The molecule has 0 bridgehead atoms. The monoisotopic (exact) mass is 306 g/mol. The van der Waals surface area contributed by atoms with Crippen molar-refractivity contribution in [1.82, 2.24) is 4.90 Å². The van der Waals surface area contributed by atoms with Gasteiger partial charge in [-0.15, -0.1) is 0 Å². The van der Waals surface area contributed by atoms with E-state index in [2.05, 4.69) is 9.98 Å². The highest BCUT2D eigenvalue weighted by atomic mass is 19.1. The Hall–Kier alpha value is -3.20. The molecule has 0 atom stereocenters. The van der Waals surface area contributed by atoms with Gasteiger partial charge in [0.25, 0.3) is 0 Å². The third kappa shape index (κ3) is 2.23. The summed E-state index contributed by atoms with van der Waals surface area (Å²) in [4.78, 5) is 10.8. The fraction of sp³-hybridized carbons (Fsp3) is 0.118. The largest absolute Gasteiger partial charge is 0.456 e. The Morgan fingerprint density at radius 3 is 3.04 bits per heavy atom. The van der Waals surface area contributed by atoms with E-state index in [9.17, 15) is 4.39 Å². The van der Waals surface area contributed by atoms with Gasteiger partial charge in [-0.1, -0.05) is 6.07 Å². The Kier molecular flexibility index (Phi) is 3.05. The molecule has 2 heterocycles. The molecule has 23 heavy (non-hydrogen) atoms. The number of benzene rings is 2. The van der Waals surface area contributed by atoms with E-state index in [1.807, 2.05) is 23.1 Å². The molecule has 2 aromatic rings. The maximum absolute atomic E-state index is 13.7. The Bertz CT molecular complexity index is 898. The maximum atomic E-state index is 13.7. The molecule has 4 rings (SSSR count). The number of rotatable bonds is 2. The smallest absolute Gasteiger partial charge is 0.148 e. The molecule has 2 aliphatic heterocycles. The zero-order chi connectivity index (χ0) is 15.8. The number of amidine groups is 1. The van der Waals surface area contributed by atoms with Gasteiger partial charge < -0.3 is 9.64 Å². The van der Waals surface area contributed by atoms with Gasteiger partial charge in [-0.3, -0.25) is 4.99 Å². The average molecular weight is 306 g/mol. The molecule has 0 saturated heterocycles. The van der Waals surface area contributed by atoms with Crippen molar-refractivity contribution < 1.29 is 9.13 Å². The third-order valence-electron chi connectivity index (χ3n) is 3.73. The van der Waals surface area contributed by atoms with Crippen LogP contribution in [0.1, 0.15) is 11.1 Å². The first kappa shape index (κ1) is 13.5. The first-order valence-corrected chi connectivity index (χ1v) is 7.12. The highest BCUT2D eigenvalue weighted by molar-refractivity contribution is 6.11. The molecule has 0 radical (unpaired) electrons. The van der Waals surface area contributed by atoms with Crippen LogP contribution < -0.4 is 4.74 Å². The van der Waals surface area contributed by atoms with Gasteiger partial charge in [0, 0.05) is 12.1 Å². The molecule has 0 aliphatic carbocycles. The van der Waals surface area contributed by atoms with Gasteiger partial charge in [-0.2, -0.15) is 5.26 Å². The Morgan fingerprint density at radius 1 is 1.26 bits per heavy atom. The van der Waals surface area contributed by atoms with Gasteiger partial charge in [0.05, 0.1) is 18.6 Å². The topological polar surface area (TPSA) is 61.0 Å². The van der Waals surface area contributed by atoms with Crippen molar-refractivity contribution in [3.8, 4) is 17.6 Å². The van der Waals surface area contributed by atoms with Gasteiger partial charge in [-0.05, 0) is 30.3 Å². The highest BCUT2D eigenvalue weighted by Crippen LogP contribution is 2.33. The summed E-state index contributed by atoms with van der Waals surface area (Å²) in [5.41, 5.74) is 1.58. The van der Waals surface area contributed by atoms with Crippen LogP contribution in [0.15, 0.2) is 46.4 Å². The van der Waals surface area contributed by atoms with E-state index >= 15 is 0 Å². The van der Waals surface area contributed by atoms with Crippen LogP contribution in [0, 0.1) is 17.1 Å². The molecule has 6 heteroatoms. The van der Waals surface area contributed by atoms with Gasteiger partial charge >= 0.3 is 0 Å². The second kappa shape index (κ2) is 5.21. The van der Waals surface area contributed by atoms with Crippen LogP contribution in [-0.4, -0.2) is 30.2 Å². The molecule has 5 nitrogen and oxygen atoms in total. The van der Waals surface area contributed by atoms with Crippen molar-refractivity contribution in [2.45, 2.75) is 0 Å². The summed E-state index contributed by atoms with van der Waals surface area (Å²) < 4.78 is 19.4. The second-order valence-electron chi connectivity index (χ2n) is 5.15. The number of nitriles is 1. The summed E-state index contributed by atoms with van der Waals surface area (Å²) in [7, 11) is 0. The van der Waals surface area contributed by atoms with Crippen LogP contribution in [0.5, 0.6) is 11.5 Å². The molecule has 2 aliphatic rings. The minimum absolute atomic E-state index is 0.108. The molecular weight excluding hydrogens is 295 g/mol. The Labute approximate surface area is 132 Å². The second-order valence-corrected chi connectivity index (χ2v) is 5.15. The third-order valence-corrected chi connectivity index (χ3v) is 3.73. The zero-order valence-electron chi connectivity index (χ0n) is 12.0. The molecule has 112 valence electrons. The van der Waals surface area contributed by atoms with Gasteiger partial charge in [-0.25, -0.2) is 9.38 Å². The lowest BCUT2D eigenvalue weighted by atomic mass is 10.1. The summed E-state index contributed by atoms with van der Waals surface area (Å²) in [6, 6.07) is 11.5.